The minimum Gasteiger partial charge on any atom is -0.379 e. The molecule has 368 valence electrons. The van der Waals surface area contributed by atoms with Crippen molar-refractivity contribution in [2.24, 2.45) is 29.6 Å². The Morgan fingerprint density at radius 1 is 0.879 bits per heavy atom. The van der Waals surface area contributed by atoms with Gasteiger partial charge in [-0.1, -0.05) is 84.2 Å². The number of Topliss-reactive ketones (excluding diaryl/α,β-unsaturated/α-hetero) is 2. The first kappa shape index (κ1) is 54.3. The van der Waals surface area contributed by atoms with Gasteiger partial charge in [-0.05, 0) is 82.9 Å². The number of hydrogen-bond acceptors (Lipinski definition) is 10. The molecule has 5 amide bonds. The van der Waals surface area contributed by atoms with Crippen molar-refractivity contribution in [2.45, 2.75) is 155 Å². The van der Waals surface area contributed by atoms with Gasteiger partial charge in [-0.3, -0.25) is 43.4 Å². The van der Waals surface area contributed by atoms with Gasteiger partial charge in [0.25, 0.3) is 11.8 Å². The second-order valence-corrected chi connectivity index (χ2v) is 19.8. The number of likely N-dealkylation sites (tertiary alicyclic amines) is 2. The van der Waals surface area contributed by atoms with Gasteiger partial charge in [0.15, 0.2) is 5.78 Å². The molecule has 0 spiro atoms. The zero-order chi connectivity index (χ0) is 48.7. The number of rotatable bonds is 28. The summed E-state index contributed by atoms with van der Waals surface area (Å²) in [6, 6.07) is 8.84. The third kappa shape index (κ3) is 13.9. The van der Waals surface area contributed by atoms with Gasteiger partial charge in [-0.15, -0.1) is 0 Å². The van der Waals surface area contributed by atoms with E-state index in [0.29, 0.717) is 38.9 Å². The van der Waals surface area contributed by atoms with E-state index >= 15 is 0 Å². The maximum atomic E-state index is 14.5. The van der Waals surface area contributed by atoms with Gasteiger partial charge in [0.05, 0.1) is 36.3 Å². The Bertz CT molecular complexity index is 1820. The zero-order valence-electron chi connectivity index (χ0n) is 41.7. The number of hydrogen-bond donors (Lipinski definition) is 1. The number of amides is 5. The fourth-order valence-corrected chi connectivity index (χ4v) is 10.4. The van der Waals surface area contributed by atoms with Crippen LogP contribution in [-0.4, -0.2) is 145 Å². The van der Waals surface area contributed by atoms with Crippen LogP contribution in [0.4, 0.5) is 0 Å². The number of carbonyl (C=O) groups excluding carboxylic acids is 7. The first-order valence-electron chi connectivity index (χ1n) is 24.6. The van der Waals surface area contributed by atoms with Crippen LogP contribution >= 0.6 is 0 Å². The summed E-state index contributed by atoms with van der Waals surface area (Å²) >= 11 is 0. The monoisotopic (exact) mass is 920 g/mol. The highest BCUT2D eigenvalue weighted by Gasteiger charge is 2.45. The lowest BCUT2D eigenvalue weighted by molar-refractivity contribution is -0.149. The number of ketones is 2. The number of ether oxygens (including phenoxy) is 2. The van der Waals surface area contributed by atoms with Gasteiger partial charge in [0.2, 0.25) is 17.7 Å². The first-order valence-corrected chi connectivity index (χ1v) is 24.6. The van der Waals surface area contributed by atoms with Crippen molar-refractivity contribution in [3.8, 4) is 0 Å². The van der Waals surface area contributed by atoms with Crippen LogP contribution in [0.5, 0.6) is 0 Å². The number of nitrogens with one attached hydrogen (secondary N) is 1. The topological polar surface area (TPSA) is 163 Å². The van der Waals surface area contributed by atoms with Crippen LogP contribution in [0.3, 0.4) is 0 Å². The first-order chi connectivity index (χ1) is 31.4. The number of nitrogens with zero attached hydrogens (tertiary/aromatic N) is 4. The fourth-order valence-electron chi connectivity index (χ4n) is 10.4. The quantitative estimate of drug-likeness (QED) is 0.0775. The molecule has 14 nitrogen and oxygen atoms in total. The summed E-state index contributed by atoms with van der Waals surface area (Å²) in [5.41, 5.74) is 0.365. The molecule has 0 aliphatic carbocycles. The predicted molar refractivity (Wildman–Crippen MR) is 255 cm³/mol. The number of carbonyl (C=O) groups is 7. The van der Waals surface area contributed by atoms with Crippen molar-refractivity contribution < 1.29 is 43.0 Å². The van der Waals surface area contributed by atoms with E-state index in [2.05, 4.69) is 24.1 Å². The van der Waals surface area contributed by atoms with Crippen LogP contribution in [0.25, 0.3) is 0 Å². The Kier molecular flexibility index (Phi) is 21.2. The Balaban J connectivity index is 1.40. The number of imide groups is 1. The third-order valence-electron chi connectivity index (χ3n) is 15.1. The van der Waals surface area contributed by atoms with E-state index in [1.165, 1.54) is 17.1 Å². The highest BCUT2D eigenvalue weighted by molar-refractivity contribution is 6.12. The SMILES string of the molecule is CC[C@H](C)[C@@H]([C@@H](CC(=O)N1CCC[C@H]1[C@H](OC)[C@@H](C)C(=O)C[C@@H](Cc1ccccc1)C(=O)NCCCCCCN1C(=O)C=CC1=O)OC)N(C)C(=O)[C@@H](CC(=O)[C@]1(C)CCCN1C)C(C)C. The zero-order valence-corrected chi connectivity index (χ0v) is 41.7. The van der Waals surface area contributed by atoms with Crippen molar-refractivity contribution in [1.29, 1.82) is 0 Å². The lowest BCUT2D eigenvalue weighted by atomic mass is 9.81. The van der Waals surface area contributed by atoms with E-state index in [4.69, 9.17) is 9.47 Å². The van der Waals surface area contributed by atoms with Crippen molar-refractivity contribution in [3.05, 3.63) is 48.0 Å². The third-order valence-corrected chi connectivity index (χ3v) is 15.1. The standard InChI is InChI=1S/C52H81N5O9/c1-11-36(4)48(55(8)51(64)40(35(2)3)33-44(59)52(6)26-20-28-54(52)7)43(65-9)34-47(62)56-30-19-23-41(56)49(66-10)37(5)42(58)32-39(31-38-21-15-14-16-22-38)50(63)53-27-17-12-13-18-29-57-45(60)24-25-46(57)61/h14-16,21-22,24-25,35-37,39-41,43,48-49H,11-13,17-20,23,26-34H2,1-10H3,(H,53,63)/t36-,37-,39+,40-,41-,43+,48-,49+,52-/m0/s1. The molecule has 0 bridgehead atoms. The van der Waals surface area contributed by atoms with Gasteiger partial charge < -0.3 is 24.6 Å². The summed E-state index contributed by atoms with van der Waals surface area (Å²) in [6.45, 7) is 14.1. The van der Waals surface area contributed by atoms with Gasteiger partial charge in [-0.25, -0.2) is 0 Å². The Hall–Kier alpha value is -4.27. The van der Waals surface area contributed by atoms with E-state index < -0.39 is 41.5 Å². The van der Waals surface area contributed by atoms with Gasteiger partial charge in [-0.2, -0.15) is 0 Å². The summed E-state index contributed by atoms with van der Waals surface area (Å²) < 4.78 is 12.2. The molecule has 1 aromatic rings. The van der Waals surface area contributed by atoms with Crippen LogP contribution in [0.2, 0.25) is 0 Å². The molecular formula is C52H81N5O9. The molecule has 14 heteroatoms. The normalized spacial score (nSPS) is 22.0. The molecular weight excluding hydrogens is 839 g/mol. The Morgan fingerprint density at radius 3 is 2.14 bits per heavy atom. The van der Waals surface area contributed by atoms with Crippen molar-refractivity contribution in [3.63, 3.8) is 0 Å². The Morgan fingerprint density at radius 2 is 1.55 bits per heavy atom. The van der Waals surface area contributed by atoms with Crippen molar-refractivity contribution >= 4 is 41.1 Å². The molecule has 0 unspecified atom stereocenters. The molecule has 3 aliphatic heterocycles. The molecule has 1 aromatic carbocycles. The molecule has 4 rings (SSSR count). The molecule has 3 heterocycles. The van der Waals surface area contributed by atoms with Gasteiger partial charge >= 0.3 is 0 Å². The Labute approximate surface area is 394 Å². The highest BCUT2D eigenvalue weighted by Crippen LogP contribution is 2.34. The number of likely N-dealkylation sites (N-methyl/N-ethyl adjacent to an activating group) is 2. The summed E-state index contributed by atoms with van der Waals surface area (Å²) in [5.74, 6) is -2.86. The summed E-state index contributed by atoms with van der Waals surface area (Å²) in [7, 11) is 6.91. The van der Waals surface area contributed by atoms with Crippen molar-refractivity contribution in [1.82, 2.24) is 24.9 Å². The molecule has 9 atom stereocenters. The lowest BCUT2D eigenvalue weighted by Gasteiger charge is -2.41. The number of methoxy groups -OCH3 is 2. The van der Waals surface area contributed by atoms with E-state index in [1.807, 2.05) is 70.0 Å². The summed E-state index contributed by atoms with van der Waals surface area (Å²) in [6.07, 6.45) is 8.82. The van der Waals surface area contributed by atoms with Crippen LogP contribution in [-0.2, 0) is 49.5 Å². The number of unbranched alkanes of at least 4 members (excludes halogenated alkanes) is 3. The average Bonchev–Trinajstić information content (AvgIpc) is 4.02. The predicted octanol–water partition coefficient (Wildman–Crippen LogP) is 6.04. The largest absolute Gasteiger partial charge is 0.379 e. The smallest absolute Gasteiger partial charge is 0.253 e. The van der Waals surface area contributed by atoms with Crippen LogP contribution in [0.15, 0.2) is 42.5 Å². The molecule has 2 saturated heterocycles. The summed E-state index contributed by atoms with van der Waals surface area (Å²) in [4.78, 5) is 101. The van der Waals surface area contributed by atoms with Crippen LogP contribution < -0.4 is 5.32 Å². The molecule has 66 heavy (non-hydrogen) atoms. The van der Waals surface area contributed by atoms with Gasteiger partial charge in [0, 0.05) is 83.6 Å². The second-order valence-electron chi connectivity index (χ2n) is 19.8. The second kappa shape index (κ2) is 25.7. The molecule has 2 fully saturated rings. The highest BCUT2D eigenvalue weighted by atomic mass is 16.5. The van der Waals surface area contributed by atoms with Crippen LogP contribution in [0.1, 0.15) is 124 Å². The van der Waals surface area contributed by atoms with E-state index in [1.54, 1.807) is 26.2 Å². The minimum atomic E-state index is -0.620. The average molecular weight is 920 g/mol. The van der Waals surface area contributed by atoms with E-state index in [9.17, 15) is 33.6 Å². The van der Waals surface area contributed by atoms with Crippen LogP contribution in [0, 0.1) is 29.6 Å². The molecule has 0 saturated carbocycles. The molecule has 1 N–H and O–H groups in total. The molecule has 0 aromatic heterocycles. The molecule has 0 radical (unpaired) electrons. The van der Waals surface area contributed by atoms with E-state index in [0.717, 1.165) is 57.1 Å². The fraction of sp³-hybridized carbons (Fsp3) is 0.712. The summed E-state index contributed by atoms with van der Waals surface area (Å²) in [5, 5.41) is 3.05. The molecule has 3 aliphatic rings. The maximum Gasteiger partial charge on any atom is 0.253 e. The van der Waals surface area contributed by atoms with Gasteiger partial charge in [0.1, 0.15) is 5.78 Å². The lowest BCUT2D eigenvalue weighted by Crippen LogP contribution is -2.54. The maximum absolute atomic E-state index is 14.5. The minimum absolute atomic E-state index is 0.00988. The number of benzene rings is 1. The van der Waals surface area contributed by atoms with Crippen molar-refractivity contribution in [2.75, 3.05) is 54.5 Å². The van der Waals surface area contributed by atoms with E-state index in [-0.39, 0.29) is 78.2 Å².